The number of carboxylic acid groups (broad SMARTS) is 1. The van der Waals surface area contributed by atoms with Gasteiger partial charge in [0.25, 0.3) is 0 Å². The van der Waals surface area contributed by atoms with Gasteiger partial charge in [0.2, 0.25) is 5.91 Å². The SMILES string of the molecule is NC(=O)[C@H](Cc1ccccc1)N[C@H](c1cccc(F)c1)C(F)(F)C(=O)O. The Labute approximate surface area is 147 Å². The molecule has 0 bridgehead atoms. The van der Waals surface area contributed by atoms with Crippen LogP contribution in [0, 0.1) is 5.82 Å². The molecule has 4 N–H and O–H groups in total. The van der Waals surface area contributed by atoms with E-state index < -0.39 is 35.7 Å². The Morgan fingerprint density at radius 3 is 2.31 bits per heavy atom. The number of halogens is 3. The molecule has 0 aliphatic rings. The quantitative estimate of drug-likeness (QED) is 0.668. The maximum Gasteiger partial charge on any atom is 0.376 e. The van der Waals surface area contributed by atoms with Crippen molar-refractivity contribution in [2.45, 2.75) is 24.4 Å². The number of amides is 1. The largest absolute Gasteiger partial charge is 0.477 e. The summed E-state index contributed by atoms with van der Waals surface area (Å²) < 4.78 is 42.0. The molecule has 0 radical (unpaired) electrons. The Kier molecular flexibility index (Phi) is 5.99. The number of nitrogens with two attached hydrogens (primary N) is 1. The van der Waals surface area contributed by atoms with Crippen LogP contribution in [0.1, 0.15) is 17.2 Å². The highest BCUT2D eigenvalue weighted by atomic mass is 19.3. The molecule has 0 aliphatic carbocycles. The van der Waals surface area contributed by atoms with Crippen molar-refractivity contribution < 1.29 is 27.9 Å². The molecule has 0 unspecified atom stereocenters. The predicted octanol–water partition coefficient (Wildman–Crippen LogP) is 2.27. The lowest BCUT2D eigenvalue weighted by atomic mass is 9.97. The van der Waals surface area contributed by atoms with E-state index in [0.29, 0.717) is 5.56 Å². The van der Waals surface area contributed by atoms with Gasteiger partial charge in [0.05, 0.1) is 6.04 Å². The van der Waals surface area contributed by atoms with Gasteiger partial charge in [-0.1, -0.05) is 42.5 Å². The normalized spacial score (nSPS) is 13.8. The first kappa shape index (κ1) is 19.5. The molecule has 2 aromatic rings. The topological polar surface area (TPSA) is 92.4 Å². The average molecular weight is 366 g/mol. The zero-order valence-corrected chi connectivity index (χ0v) is 13.5. The molecular formula is C18H17F3N2O3. The molecule has 2 rings (SSSR count). The summed E-state index contributed by atoms with van der Waals surface area (Å²) in [7, 11) is 0. The number of hydrogen-bond acceptors (Lipinski definition) is 3. The summed E-state index contributed by atoms with van der Waals surface area (Å²) in [6.07, 6.45) is -0.0301. The van der Waals surface area contributed by atoms with Crippen molar-refractivity contribution in [1.29, 1.82) is 0 Å². The Morgan fingerprint density at radius 2 is 1.77 bits per heavy atom. The molecule has 0 aliphatic heterocycles. The van der Waals surface area contributed by atoms with E-state index in [1.807, 2.05) is 0 Å². The van der Waals surface area contributed by atoms with Crippen LogP contribution in [0.3, 0.4) is 0 Å². The summed E-state index contributed by atoms with van der Waals surface area (Å²) in [6.45, 7) is 0. The van der Waals surface area contributed by atoms with Crippen LogP contribution in [-0.2, 0) is 16.0 Å². The second kappa shape index (κ2) is 8.01. The molecule has 0 heterocycles. The van der Waals surface area contributed by atoms with Crippen molar-refractivity contribution in [2.75, 3.05) is 0 Å². The summed E-state index contributed by atoms with van der Waals surface area (Å²) in [4.78, 5) is 22.8. The van der Waals surface area contributed by atoms with Gasteiger partial charge in [-0.15, -0.1) is 0 Å². The van der Waals surface area contributed by atoms with Crippen LogP contribution < -0.4 is 11.1 Å². The smallest absolute Gasteiger partial charge is 0.376 e. The number of aliphatic carboxylic acids is 1. The summed E-state index contributed by atoms with van der Waals surface area (Å²) in [5.74, 6) is -8.44. The number of carbonyl (C=O) groups excluding carboxylic acids is 1. The zero-order valence-electron chi connectivity index (χ0n) is 13.5. The number of hydrogen-bond donors (Lipinski definition) is 3. The number of nitrogens with one attached hydrogen (secondary N) is 1. The Morgan fingerprint density at radius 1 is 1.12 bits per heavy atom. The van der Waals surface area contributed by atoms with Crippen LogP contribution >= 0.6 is 0 Å². The number of primary amides is 1. The molecule has 0 saturated heterocycles. The monoisotopic (exact) mass is 366 g/mol. The fourth-order valence-corrected chi connectivity index (χ4v) is 2.51. The minimum atomic E-state index is -4.29. The molecule has 8 heteroatoms. The molecule has 0 aromatic heterocycles. The van der Waals surface area contributed by atoms with E-state index in [2.05, 4.69) is 5.32 Å². The van der Waals surface area contributed by atoms with E-state index in [1.165, 1.54) is 6.07 Å². The van der Waals surface area contributed by atoms with Gasteiger partial charge in [-0.05, 0) is 29.7 Å². The van der Waals surface area contributed by atoms with Crippen molar-refractivity contribution >= 4 is 11.9 Å². The van der Waals surface area contributed by atoms with Crippen LogP contribution in [-0.4, -0.2) is 28.9 Å². The van der Waals surface area contributed by atoms with E-state index in [0.717, 1.165) is 18.2 Å². The van der Waals surface area contributed by atoms with E-state index >= 15 is 0 Å². The third-order valence-corrected chi connectivity index (χ3v) is 3.82. The van der Waals surface area contributed by atoms with Crippen LogP contribution in [0.4, 0.5) is 13.2 Å². The van der Waals surface area contributed by atoms with Gasteiger partial charge in [-0.2, -0.15) is 8.78 Å². The predicted molar refractivity (Wildman–Crippen MR) is 88.0 cm³/mol. The molecule has 2 aromatic carbocycles. The van der Waals surface area contributed by atoms with Crippen molar-refractivity contribution in [3.05, 3.63) is 71.5 Å². The van der Waals surface area contributed by atoms with Gasteiger partial charge in [-0.3, -0.25) is 10.1 Å². The first-order valence-corrected chi connectivity index (χ1v) is 7.67. The first-order chi connectivity index (χ1) is 12.2. The molecule has 1 amide bonds. The van der Waals surface area contributed by atoms with Crippen LogP contribution in [0.25, 0.3) is 0 Å². The van der Waals surface area contributed by atoms with E-state index in [4.69, 9.17) is 10.8 Å². The molecule has 138 valence electrons. The molecular weight excluding hydrogens is 349 g/mol. The Hall–Kier alpha value is -2.87. The zero-order chi connectivity index (χ0) is 19.3. The lowest BCUT2D eigenvalue weighted by Gasteiger charge is -2.28. The lowest BCUT2D eigenvalue weighted by Crippen LogP contribution is -2.51. The first-order valence-electron chi connectivity index (χ1n) is 7.67. The van der Waals surface area contributed by atoms with Gasteiger partial charge in [0.1, 0.15) is 11.9 Å². The van der Waals surface area contributed by atoms with E-state index in [9.17, 15) is 22.8 Å². The van der Waals surface area contributed by atoms with Crippen LogP contribution in [0.15, 0.2) is 54.6 Å². The number of alkyl halides is 2. The van der Waals surface area contributed by atoms with Crippen molar-refractivity contribution in [1.82, 2.24) is 5.32 Å². The highest BCUT2D eigenvalue weighted by Gasteiger charge is 2.49. The summed E-state index contributed by atoms with van der Waals surface area (Å²) >= 11 is 0. The molecule has 26 heavy (non-hydrogen) atoms. The number of rotatable bonds is 8. The van der Waals surface area contributed by atoms with Crippen molar-refractivity contribution in [2.24, 2.45) is 5.73 Å². The van der Waals surface area contributed by atoms with Crippen molar-refractivity contribution in [3.8, 4) is 0 Å². The molecule has 0 spiro atoms. The van der Waals surface area contributed by atoms with Gasteiger partial charge in [-0.25, -0.2) is 9.18 Å². The molecule has 0 saturated carbocycles. The van der Waals surface area contributed by atoms with Gasteiger partial charge in [0, 0.05) is 0 Å². The van der Waals surface area contributed by atoms with E-state index in [1.54, 1.807) is 30.3 Å². The van der Waals surface area contributed by atoms with Crippen LogP contribution in [0.2, 0.25) is 0 Å². The molecule has 5 nitrogen and oxygen atoms in total. The highest BCUT2D eigenvalue weighted by Crippen LogP contribution is 2.32. The van der Waals surface area contributed by atoms with Gasteiger partial charge in [0.15, 0.2) is 0 Å². The van der Waals surface area contributed by atoms with Crippen molar-refractivity contribution in [3.63, 3.8) is 0 Å². The number of benzene rings is 2. The van der Waals surface area contributed by atoms with E-state index in [-0.39, 0.29) is 12.0 Å². The minimum Gasteiger partial charge on any atom is -0.477 e. The fourth-order valence-electron chi connectivity index (χ4n) is 2.51. The summed E-state index contributed by atoms with van der Waals surface area (Å²) in [5.41, 5.74) is 5.62. The third-order valence-electron chi connectivity index (χ3n) is 3.82. The lowest BCUT2D eigenvalue weighted by molar-refractivity contribution is -0.170. The standard InChI is InChI=1S/C18H17F3N2O3/c19-13-8-4-7-12(10-13)15(18(20,21)17(25)26)23-14(16(22)24)9-11-5-2-1-3-6-11/h1-8,10,14-15,23H,9H2,(H2,22,24)(H,25,26)/t14-,15+/m0/s1. The number of carboxylic acids is 1. The third kappa shape index (κ3) is 4.60. The summed E-state index contributed by atoms with van der Waals surface area (Å²) in [6, 6.07) is 9.20. The highest BCUT2D eigenvalue weighted by molar-refractivity contribution is 5.81. The van der Waals surface area contributed by atoms with Gasteiger partial charge >= 0.3 is 11.9 Å². The average Bonchev–Trinajstić information content (AvgIpc) is 2.58. The second-order valence-corrected chi connectivity index (χ2v) is 5.73. The Balaban J connectivity index is 2.37. The second-order valence-electron chi connectivity index (χ2n) is 5.73. The molecule has 0 fully saturated rings. The summed E-state index contributed by atoms with van der Waals surface area (Å²) in [5, 5.41) is 11.2. The number of carbonyl (C=O) groups is 2. The van der Waals surface area contributed by atoms with Crippen LogP contribution in [0.5, 0.6) is 0 Å². The minimum absolute atomic E-state index is 0.0301. The van der Waals surface area contributed by atoms with Gasteiger partial charge < -0.3 is 10.8 Å². The molecule has 2 atom stereocenters. The maximum atomic E-state index is 14.3. The fraction of sp³-hybridized carbons (Fsp3) is 0.222. The maximum absolute atomic E-state index is 14.3. The Bertz CT molecular complexity index is 784.